The van der Waals surface area contributed by atoms with Crippen molar-refractivity contribution in [3.8, 4) is 0 Å². The Bertz CT molecular complexity index is 577. The van der Waals surface area contributed by atoms with Gasteiger partial charge >= 0.3 is 0 Å². The third-order valence-corrected chi connectivity index (χ3v) is 3.66. The largest absolute Gasteiger partial charge is 0.397 e. The molecule has 4 nitrogen and oxygen atoms in total. The average molecular weight is 261 g/mol. The van der Waals surface area contributed by atoms with Gasteiger partial charge in [-0.3, -0.25) is 9.78 Å². The van der Waals surface area contributed by atoms with Crippen molar-refractivity contribution in [3.63, 3.8) is 0 Å². The summed E-state index contributed by atoms with van der Waals surface area (Å²) in [6.07, 6.45) is 1.55. The van der Waals surface area contributed by atoms with Crippen LogP contribution in [0.15, 0.2) is 23.0 Å². The maximum Gasteiger partial charge on any atom is 0.253 e. The number of aryl methyl sites for hydroxylation is 2. The van der Waals surface area contributed by atoms with Gasteiger partial charge in [0.2, 0.25) is 0 Å². The third-order valence-electron chi connectivity index (χ3n) is 2.75. The van der Waals surface area contributed by atoms with Gasteiger partial charge in [-0.1, -0.05) is 0 Å². The summed E-state index contributed by atoms with van der Waals surface area (Å²) >= 11 is 1.64. The zero-order chi connectivity index (χ0) is 13.1. The molecular formula is C13H15N3OS. The number of thiophene rings is 1. The van der Waals surface area contributed by atoms with Crippen molar-refractivity contribution in [1.82, 2.24) is 10.3 Å². The van der Waals surface area contributed by atoms with E-state index in [2.05, 4.69) is 15.7 Å². The SMILES string of the molecule is Cc1cscc1CNC(=O)c1cc(N)cnc1C. The Labute approximate surface area is 110 Å². The number of aromatic nitrogens is 1. The third kappa shape index (κ3) is 2.68. The molecule has 1 amide bonds. The number of hydrogen-bond donors (Lipinski definition) is 2. The molecule has 0 atom stereocenters. The van der Waals surface area contributed by atoms with Gasteiger partial charge < -0.3 is 11.1 Å². The van der Waals surface area contributed by atoms with Gasteiger partial charge in [0, 0.05) is 6.54 Å². The van der Waals surface area contributed by atoms with Crippen LogP contribution in [-0.2, 0) is 6.54 Å². The lowest BCUT2D eigenvalue weighted by Gasteiger charge is -2.07. The summed E-state index contributed by atoms with van der Waals surface area (Å²) in [5, 5.41) is 6.99. The summed E-state index contributed by atoms with van der Waals surface area (Å²) in [4.78, 5) is 16.1. The molecule has 2 rings (SSSR count). The number of nitrogens with one attached hydrogen (secondary N) is 1. The summed E-state index contributed by atoms with van der Waals surface area (Å²) in [6, 6.07) is 1.65. The Morgan fingerprint density at radius 2 is 2.22 bits per heavy atom. The lowest BCUT2D eigenvalue weighted by atomic mass is 10.1. The first-order chi connectivity index (χ1) is 8.58. The molecule has 0 aromatic carbocycles. The average Bonchev–Trinajstić information content (AvgIpc) is 2.75. The van der Waals surface area contributed by atoms with Crippen LogP contribution in [-0.4, -0.2) is 10.9 Å². The van der Waals surface area contributed by atoms with Gasteiger partial charge in [0.1, 0.15) is 0 Å². The standard InChI is InChI=1S/C13H15N3OS/c1-8-6-18-7-10(8)4-16-13(17)12-3-11(14)5-15-9(12)2/h3,5-7H,4,14H2,1-2H3,(H,16,17). The van der Waals surface area contributed by atoms with Crippen molar-refractivity contribution < 1.29 is 4.79 Å². The van der Waals surface area contributed by atoms with Crippen molar-refractivity contribution in [2.45, 2.75) is 20.4 Å². The lowest BCUT2D eigenvalue weighted by molar-refractivity contribution is 0.0950. The maximum atomic E-state index is 12.0. The van der Waals surface area contributed by atoms with Gasteiger partial charge in [-0.2, -0.15) is 11.3 Å². The molecule has 18 heavy (non-hydrogen) atoms. The van der Waals surface area contributed by atoms with Crippen molar-refractivity contribution in [3.05, 3.63) is 45.4 Å². The van der Waals surface area contributed by atoms with E-state index in [9.17, 15) is 4.79 Å². The quantitative estimate of drug-likeness (QED) is 0.890. The van der Waals surface area contributed by atoms with Crippen LogP contribution in [0.2, 0.25) is 0 Å². The molecule has 0 unspecified atom stereocenters. The highest BCUT2D eigenvalue weighted by atomic mass is 32.1. The van der Waals surface area contributed by atoms with Crippen LogP contribution >= 0.6 is 11.3 Å². The Balaban J connectivity index is 2.08. The predicted molar refractivity (Wildman–Crippen MR) is 73.6 cm³/mol. The second-order valence-corrected chi connectivity index (χ2v) is 4.91. The van der Waals surface area contributed by atoms with Crippen LogP contribution < -0.4 is 11.1 Å². The molecule has 94 valence electrons. The van der Waals surface area contributed by atoms with E-state index in [0.717, 1.165) is 5.56 Å². The van der Waals surface area contributed by atoms with E-state index in [4.69, 9.17) is 5.73 Å². The smallest absolute Gasteiger partial charge is 0.253 e. The topological polar surface area (TPSA) is 68.0 Å². The molecule has 0 spiro atoms. The molecule has 0 radical (unpaired) electrons. The van der Waals surface area contributed by atoms with Crippen molar-refractivity contribution in [2.75, 3.05) is 5.73 Å². The lowest BCUT2D eigenvalue weighted by Crippen LogP contribution is -2.24. The number of carbonyl (C=O) groups excluding carboxylic acids is 1. The molecule has 0 aliphatic carbocycles. The molecule has 0 bridgehead atoms. The molecule has 2 aromatic rings. The molecule has 3 N–H and O–H groups in total. The van der Waals surface area contributed by atoms with Gasteiger partial charge in [0.05, 0.1) is 23.1 Å². The number of rotatable bonds is 3. The molecular weight excluding hydrogens is 246 g/mol. The fourth-order valence-electron chi connectivity index (χ4n) is 1.62. The zero-order valence-corrected chi connectivity index (χ0v) is 11.2. The maximum absolute atomic E-state index is 12.0. The molecule has 0 saturated carbocycles. The number of amides is 1. The van der Waals surface area contributed by atoms with E-state index in [1.165, 1.54) is 5.56 Å². The Hall–Kier alpha value is -1.88. The summed E-state index contributed by atoms with van der Waals surface area (Å²) in [6.45, 7) is 4.36. The Kier molecular flexibility index (Phi) is 3.62. The number of hydrogen-bond acceptors (Lipinski definition) is 4. The minimum Gasteiger partial charge on any atom is -0.397 e. The summed E-state index contributed by atoms with van der Waals surface area (Å²) in [7, 11) is 0. The highest BCUT2D eigenvalue weighted by molar-refractivity contribution is 7.08. The Morgan fingerprint density at radius 1 is 1.44 bits per heavy atom. The van der Waals surface area contributed by atoms with Crippen LogP contribution in [0.5, 0.6) is 0 Å². The minimum atomic E-state index is -0.141. The molecule has 5 heteroatoms. The van der Waals surface area contributed by atoms with E-state index < -0.39 is 0 Å². The van der Waals surface area contributed by atoms with Crippen molar-refractivity contribution in [2.24, 2.45) is 0 Å². The highest BCUT2D eigenvalue weighted by Gasteiger charge is 2.10. The van der Waals surface area contributed by atoms with Gasteiger partial charge in [0.25, 0.3) is 5.91 Å². The molecule has 0 aliphatic rings. The van der Waals surface area contributed by atoms with Crippen LogP contribution in [0.3, 0.4) is 0 Å². The molecule has 0 fully saturated rings. The van der Waals surface area contributed by atoms with E-state index in [1.54, 1.807) is 30.5 Å². The van der Waals surface area contributed by atoms with Gasteiger partial charge in [0.15, 0.2) is 0 Å². The highest BCUT2D eigenvalue weighted by Crippen LogP contribution is 2.14. The van der Waals surface area contributed by atoms with E-state index in [0.29, 0.717) is 23.5 Å². The fourth-order valence-corrected chi connectivity index (χ4v) is 2.47. The number of carbonyl (C=O) groups is 1. The normalized spacial score (nSPS) is 10.3. The van der Waals surface area contributed by atoms with Crippen molar-refractivity contribution >= 4 is 22.9 Å². The number of pyridine rings is 1. The second kappa shape index (κ2) is 5.18. The first kappa shape index (κ1) is 12.6. The van der Waals surface area contributed by atoms with Crippen LogP contribution in [0.4, 0.5) is 5.69 Å². The first-order valence-corrected chi connectivity index (χ1v) is 6.54. The van der Waals surface area contributed by atoms with Gasteiger partial charge in [-0.15, -0.1) is 0 Å². The van der Waals surface area contributed by atoms with Crippen LogP contribution in [0.25, 0.3) is 0 Å². The van der Waals surface area contributed by atoms with Crippen molar-refractivity contribution in [1.29, 1.82) is 0 Å². The summed E-state index contributed by atoms with van der Waals surface area (Å²) in [5.74, 6) is -0.141. The molecule has 2 heterocycles. The number of nitrogen functional groups attached to an aromatic ring is 1. The first-order valence-electron chi connectivity index (χ1n) is 5.60. The van der Waals surface area contributed by atoms with E-state index >= 15 is 0 Å². The monoisotopic (exact) mass is 261 g/mol. The number of nitrogens with two attached hydrogens (primary N) is 1. The van der Waals surface area contributed by atoms with E-state index in [-0.39, 0.29) is 5.91 Å². The molecule has 0 aliphatic heterocycles. The molecule has 2 aromatic heterocycles. The van der Waals surface area contributed by atoms with Gasteiger partial charge in [-0.05, 0) is 41.8 Å². The fraction of sp³-hybridized carbons (Fsp3) is 0.231. The predicted octanol–water partition coefficient (Wildman–Crippen LogP) is 2.27. The minimum absolute atomic E-state index is 0.141. The summed E-state index contributed by atoms with van der Waals surface area (Å²) in [5.41, 5.74) is 9.69. The van der Waals surface area contributed by atoms with Crippen LogP contribution in [0.1, 0.15) is 27.2 Å². The summed E-state index contributed by atoms with van der Waals surface area (Å²) < 4.78 is 0. The van der Waals surface area contributed by atoms with E-state index in [1.807, 2.05) is 12.3 Å². The number of anilines is 1. The number of nitrogens with zero attached hydrogens (tertiary/aromatic N) is 1. The second-order valence-electron chi connectivity index (χ2n) is 4.16. The van der Waals surface area contributed by atoms with Crippen LogP contribution in [0, 0.1) is 13.8 Å². The van der Waals surface area contributed by atoms with Gasteiger partial charge in [-0.25, -0.2) is 0 Å². The molecule has 0 saturated heterocycles. The zero-order valence-electron chi connectivity index (χ0n) is 10.4. The Morgan fingerprint density at radius 3 is 2.89 bits per heavy atom.